The molecule has 0 radical (unpaired) electrons. The van der Waals surface area contributed by atoms with Crippen LogP contribution in [0.3, 0.4) is 0 Å². The third kappa shape index (κ3) is 2.32. The molecule has 0 aromatic rings. The third-order valence-corrected chi connectivity index (χ3v) is 2.49. The Hall–Kier alpha value is -0.770. The second-order valence-corrected chi connectivity index (χ2v) is 3.58. The van der Waals surface area contributed by atoms with Gasteiger partial charge in [-0.2, -0.15) is 0 Å². The van der Waals surface area contributed by atoms with E-state index in [0.29, 0.717) is 0 Å². The van der Waals surface area contributed by atoms with Crippen molar-refractivity contribution in [2.75, 3.05) is 6.61 Å². The lowest BCUT2D eigenvalue weighted by atomic mass is 9.92. The highest BCUT2D eigenvalue weighted by Gasteiger charge is 2.47. The Morgan fingerprint density at radius 1 is 1.19 bits per heavy atom. The third-order valence-electron chi connectivity index (χ3n) is 2.49. The van der Waals surface area contributed by atoms with E-state index in [1.165, 1.54) is 0 Å². The van der Waals surface area contributed by atoms with Gasteiger partial charge in [0, 0.05) is 0 Å². The van der Waals surface area contributed by atoms with Crippen LogP contribution in [-0.2, 0) is 9.53 Å². The Morgan fingerprint density at radius 3 is 2.19 bits per heavy atom. The summed E-state index contributed by atoms with van der Waals surface area (Å²) in [5.74, 6) is -1.63. The molecular formula is C8H14O8. The van der Waals surface area contributed by atoms with Crippen LogP contribution >= 0.6 is 0 Å². The fraction of sp³-hybridized carbons (Fsp3) is 0.875. The molecule has 0 bridgehead atoms. The first-order valence-corrected chi connectivity index (χ1v) is 4.61. The van der Waals surface area contributed by atoms with Crippen molar-refractivity contribution < 1.29 is 40.2 Å². The molecule has 2 unspecified atom stereocenters. The minimum absolute atomic E-state index is 0.673. The van der Waals surface area contributed by atoms with Crippen molar-refractivity contribution in [3.63, 3.8) is 0 Å². The SMILES string of the molecule is O=C(O)C(O)C1O[C@H](CO)[C@@H](O)[C@H](O)[C@H]1O. The molecule has 1 rings (SSSR count). The molecule has 94 valence electrons. The van der Waals surface area contributed by atoms with Gasteiger partial charge in [0.15, 0.2) is 6.10 Å². The Morgan fingerprint density at radius 2 is 1.75 bits per heavy atom. The van der Waals surface area contributed by atoms with Crippen molar-refractivity contribution >= 4 is 5.97 Å². The first-order valence-electron chi connectivity index (χ1n) is 4.61. The number of hydrogen-bond donors (Lipinski definition) is 6. The van der Waals surface area contributed by atoms with E-state index in [1.54, 1.807) is 0 Å². The molecule has 0 aromatic carbocycles. The lowest BCUT2D eigenvalue weighted by molar-refractivity contribution is -0.249. The lowest BCUT2D eigenvalue weighted by Crippen LogP contribution is -2.62. The van der Waals surface area contributed by atoms with Gasteiger partial charge in [-0.25, -0.2) is 4.79 Å². The number of aliphatic hydroxyl groups is 5. The molecule has 8 nitrogen and oxygen atoms in total. The zero-order valence-corrected chi connectivity index (χ0v) is 8.17. The van der Waals surface area contributed by atoms with E-state index >= 15 is 0 Å². The van der Waals surface area contributed by atoms with Crippen LogP contribution in [0.15, 0.2) is 0 Å². The molecule has 6 atom stereocenters. The quantitative estimate of drug-likeness (QED) is 0.294. The zero-order chi connectivity index (χ0) is 12.5. The molecule has 0 amide bonds. The number of rotatable bonds is 3. The molecule has 1 aliphatic heterocycles. The maximum absolute atomic E-state index is 10.5. The van der Waals surface area contributed by atoms with Gasteiger partial charge in [0.05, 0.1) is 6.61 Å². The van der Waals surface area contributed by atoms with Gasteiger partial charge >= 0.3 is 5.97 Å². The highest BCUT2D eigenvalue weighted by molar-refractivity contribution is 5.72. The van der Waals surface area contributed by atoms with E-state index in [0.717, 1.165) is 0 Å². The number of ether oxygens (including phenoxy) is 1. The van der Waals surface area contributed by atoms with E-state index < -0.39 is 49.2 Å². The lowest BCUT2D eigenvalue weighted by Gasteiger charge is -2.40. The van der Waals surface area contributed by atoms with Crippen LogP contribution in [0.4, 0.5) is 0 Å². The maximum Gasteiger partial charge on any atom is 0.335 e. The number of aliphatic carboxylic acids is 1. The van der Waals surface area contributed by atoms with Gasteiger partial charge in [-0.15, -0.1) is 0 Å². The number of carboxylic acid groups (broad SMARTS) is 1. The van der Waals surface area contributed by atoms with Crippen molar-refractivity contribution in [3.05, 3.63) is 0 Å². The highest BCUT2D eigenvalue weighted by atomic mass is 16.6. The zero-order valence-electron chi connectivity index (χ0n) is 8.17. The molecule has 1 saturated heterocycles. The minimum atomic E-state index is -2.05. The van der Waals surface area contributed by atoms with Gasteiger partial charge in [-0.3, -0.25) is 0 Å². The van der Waals surface area contributed by atoms with Gasteiger partial charge in [0.1, 0.15) is 30.5 Å². The van der Waals surface area contributed by atoms with Crippen LogP contribution in [0, 0.1) is 0 Å². The Bertz CT molecular complexity index is 254. The summed E-state index contributed by atoms with van der Waals surface area (Å²) < 4.78 is 4.81. The minimum Gasteiger partial charge on any atom is -0.479 e. The first-order chi connectivity index (χ1) is 7.40. The van der Waals surface area contributed by atoms with Crippen LogP contribution in [0.5, 0.6) is 0 Å². The van der Waals surface area contributed by atoms with E-state index in [-0.39, 0.29) is 0 Å². The summed E-state index contributed by atoms with van der Waals surface area (Å²) in [6.45, 7) is -0.673. The van der Waals surface area contributed by atoms with Gasteiger partial charge in [-0.1, -0.05) is 0 Å². The molecular weight excluding hydrogens is 224 g/mol. The summed E-state index contributed by atoms with van der Waals surface area (Å²) in [5.41, 5.74) is 0. The van der Waals surface area contributed by atoms with Crippen LogP contribution in [-0.4, -0.2) is 79.8 Å². The number of hydrogen-bond acceptors (Lipinski definition) is 7. The maximum atomic E-state index is 10.5. The normalized spacial score (nSPS) is 41.7. The molecule has 0 saturated carbocycles. The van der Waals surface area contributed by atoms with E-state index in [2.05, 4.69) is 0 Å². The second-order valence-electron chi connectivity index (χ2n) is 3.58. The van der Waals surface area contributed by atoms with Gasteiger partial charge in [-0.05, 0) is 0 Å². The summed E-state index contributed by atoms with van der Waals surface area (Å²) in [4.78, 5) is 10.5. The van der Waals surface area contributed by atoms with Crippen LogP contribution < -0.4 is 0 Å². The average Bonchev–Trinajstić information content (AvgIpc) is 2.25. The summed E-state index contributed by atoms with van der Waals surface area (Å²) in [6, 6.07) is 0. The second kappa shape index (κ2) is 5.04. The standard InChI is InChI=1S/C8H14O8/c9-1-2-3(10)4(11)5(12)7(16-2)6(13)8(14)15/h2-7,9-13H,1H2,(H,14,15)/t2-,3-,4+,5-,6?,7?/m1/s1. The Labute approximate surface area is 90.3 Å². The van der Waals surface area contributed by atoms with Crippen molar-refractivity contribution in [1.29, 1.82) is 0 Å². The molecule has 6 N–H and O–H groups in total. The number of carboxylic acids is 1. The largest absolute Gasteiger partial charge is 0.479 e. The summed E-state index contributed by atoms with van der Waals surface area (Å²) >= 11 is 0. The summed E-state index contributed by atoms with van der Waals surface area (Å²) in [5, 5.41) is 54.6. The van der Waals surface area contributed by atoms with Gasteiger partial charge in [0.25, 0.3) is 0 Å². The van der Waals surface area contributed by atoms with Crippen LogP contribution in [0.1, 0.15) is 0 Å². The summed E-state index contributed by atoms with van der Waals surface area (Å²) in [6.07, 6.45) is -9.89. The molecule has 0 spiro atoms. The van der Waals surface area contributed by atoms with Crippen molar-refractivity contribution in [2.45, 2.75) is 36.6 Å². The van der Waals surface area contributed by atoms with Crippen molar-refractivity contribution in [1.82, 2.24) is 0 Å². The number of aliphatic hydroxyl groups excluding tert-OH is 5. The highest BCUT2D eigenvalue weighted by Crippen LogP contribution is 2.23. The van der Waals surface area contributed by atoms with Gasteiger partial charge in [0.2, 0.25) is 0 Å². The fourth-order valence-electron chi connectivity index (χ4n) is 1.53. The Kier molecular flexibility index (Phi) is 4.19. The Balaban J connectivity index is 2.82. The van der Waals surface area contributed by atoms with E-state index in [9.17, 15) is 25.2 Å². The molecule has 16 heavy (non-hydrogen) atoms. The fourth-order valence-corrected chi connectivity index (χ4v) is 1.53. The van der Waals surface area contributed by atoms with E-state index in [4.69, 9.17) is 14.9 Å². The van der Waals surface area contributed by atoms with Crippen molar-refractivity contribution in [3.8, 4) is 0 Å². The monoisotopic (exact) mass is 238 g/mol. The molecule has 1 aliphatic rings. The van der Waals surface area contributed by atoms with E-state index in [1.807, 2.05) is 0 Å². The first kappa shape index (κ1) is 13.3. The topological polar surface area (TPSA) is 148 Å². The molecule has 1 heterocycles. The van der Waals surface area contributed by atoms with Crippen LogP contribution in [0.25, 0.3) is 0 Å². The van der Waals surface area contributed by atoms with Crippen molar-refractivity contribution in [2.24, 2.45) is 0 Å². The molecule has 0 aromatic heterocycles. The smallest absolute Gasteiger partial charge is 0.335 e. The number of carbonyl (C=O) groups is 1. The molecule has 0 aliphatic carbocycles. The summed E-state index contributed by atoms with van der Waals surface area (Å²) in [7, 11) is 0. The van der Waals surface area contributed by atoms with Gasteiger partial charge < -0.3 is 35.4 Å². The predicted octanol–water partition coefficient (Wildman–Crippen LogP) is -3.73. The van der Waals surface area contributed by atoms with Crippen LogP contribution in [0.2, 0.25) is 0 Å². The molecule has 8 heteroatoms. The predicted molar refractivity (Wildman–Crippen MR) is 47.4 cm³/mol. The molecule has 1 fully saturated rings. The average molecular weight is 238 g/mol.